The second-order valence-electron chi connectivity index (χ2n) is 3.17. The Morgan fingerprint density at radius 1 is 1.17 bits per heavy atom. The van der Waals surface area contributed by atoms with Gasteiger partial charge >= 0.3 is 0 Å². The van der Waals surface area contributed by atoms with Gasteiger partial charge < -0.3 is 0 Å². The maximum absolute atomic E-state index is 2.20. The van der Waals surface area contributed by atoms with Crippen LogP contribution in [0.5, 0.6) is 0 Å². The minimum atomic E-state index is 1.08. The highest BCUT2D eigenvalue weighted by Crippen LogP contribution is 2.00. The monoisotopic (exact) mass is 156 g/mol. The molecule has 0 bridgehead atoms. The molecule has 1 aliphatic rings. The van der Waals surface area contributed by atoms with Crippen LogP contribution in [0, 0.1) is 0 Å². The van der Waals surface area contributed by atoms with Crippen LogP contribution in [-0.2, 0) is 0 Å². The van der Waals surface area contributed by atoms with Crippen molar-refractivity contribution >= 4 is 11.6 Å². The number of hydrogen-bond acceptors (Lipinski definition) is 0. The third-order valence-electron chi connectivity index (χ3n) is 2.26. The molecule has 0 nitrogen and oxygen atoms in total. The van der Waals surface area contributed by atoms with E-state index in [2.05, 4.69) is 49.4 Å². The van der Waals surface area contributed by atoms with Gasteiger partial charge in [0.1, 0.15) is 0 Å². The Morgan fingerprint density at radius 3 is 2.92 bits per heavy atom. The number of hydrogen-bond donors (Lipinski definition) is 0. The topological polar surface area (TPSA) is 0 Å². The SMILES string of the molecule is CC1=c2ccccc2=CC=CC1. The highest BCUT2D eigenvalue weighted by atomic mass is 14.0. The molecule has 0 radical (unpaired) electrons. The van der Waals surface area contributed by atoms with Crippen molar-refractivity contribution in [3.63, 3.8) is 0 Å². The predicted molar refractivity (Wildman–Crippen MR) is 53.0 cm³/mol. The fourth-order valence-electron chi connectivity index (χ4n) is 1.56. The number of benzene rings is 1. The van der Waals surface area contributed by atoms with E-state index in [0.717, 1.165) is 6.42 Å². The predicted octanol–water partition coefficient (Wildman–Crippen LogP) is 1.60. The molecule has 0 saturated heterocycles. The molecule has 0 aromatic heterocycles. The Morgan fingerprint density at radius 2 is 2.00 bits per heavy atom. The molecular formula is C12H12. The molecule has 0 amide bonds. The number of allylic oxidation sites excluding steroid dienone is 2. The molecule has 0 heteroatoms. The molecule has 0 N–H and O–H groups in total. The van der Waals surface area contributed by atoms with Crippen molar-refractivity contribution in [1.82, 2.24) is 0 Å². The molecule has 2 rings (SSSR count). The highest BCUT2D eigenvalue weighted by molar-refractivity contribution is 5.51. The van der Waals surface area contributed by atoms with E-state index in [4.69, 9.17) is 0 Å². The van der Waals surface area contributed by atoms with Gasteiger partial charge in [-0.15, -0.1) is 0 Å². The number of fused-ring (bicyclic) bond motifs is 1. The van der Waals surface area contributed by atoms with Gasteiger partial charge in [0.25, 0.3) is 0 Å². The Kier molecular flexibility index (Phi) is 1.83. The first-order valence-corrected chi connectivity index (χ1v) is 4.29. The van der Waals surface area contributed by atoms with Crippen molar-refractivity contribution in [1.29, 1.82) is 0 Å². The lowest BCUT2D eigenvalue weighted by molar-refractivity contribution is 1.34. The second-order valence-corrected chi connectivity index (χ2v) is 3.17. The van der Waals surface area contributed by atoms with E-state index in [9.17, 15) is 0 Å². The maximum Gasteiger partial charge on any atom is -0.0129 e. The molecule has 0 atom stereocenters. The average molecular weight is 156 g/mol. The molecule has 1 aliphatic carbocycles. The zero-order chi connectivity index (χ0) is 8.39. The van der Waals surface area contributed by atoms with Crippen molar-refractivity contribution in [3.8, 4) is 0 Å². The second kappa shape index (κ2) is 2.98. The van der Waals surface area contributed by atoms with Gasteiger partial charge in [0.2, 0.25) is 0 Å². The van der Waals surface area contributed by atoms with E-state index < -0.39 is 0 Å². The van der Waals surface area contributed by atoms with Gasteiger partial charge in [-0.25, -0.2) is 0 Å². The molecule has 60 valence electrons. The van der Waals surface area contributed by atoms with E-state index in [1.807, 2.05) is 0 Å². The zero-order valence-electron chi connectivity index (χ0n) is 7.25. The van der Waals surface area contributed by atoms with Gasteiger partial charge in [0.05, 0.1) is 0 Å². The van der Waals surface area contributed by atoms with Crippen LogP contribution in [0.15, 0.2) is 36.4 Å². The van der Waals surface area contributed by atoms with Crippen molar-refractivity contribution in [2.24, 2.45) is 0 Å². The Labute approximate surface area is 72.5 Å². The van der Waals surface area contributed by atoms with Gasteiger partial charge in [-0.05, 0) is 23.8 Å². The molecular weight excluding hydrogens is 144 g/mol. The van der Waals surface area contributed by atoms with E-state index in [-0.39, 0.29) is 0 Å². The Hall–Kier alpha value is -1.30. The zero-order valence-corrected chi connectivity index (χ0v) is 7.25. The summed E-state index contributed by atoms with van der Waals surface area (Å²) in [6.45, 7) is 2.20. The van der Waals surface area contributed by atoms with Crippen LogP contribution in [0.2, 0.25) is 0 Å². The van der Waals surface area contributed by atoms with Gasteiger partial charge in [-0.3, -0.25) is 0 Å². The molecule has 12 heavy (non-hydrogen) atoms. The van der Waals surface area contributed by atoms with Crippen molar-refractivity contribution in [3.05, 3.63) is 46.9 Å². The molecule has 1 aromatic rings. The Bertz CT molecular complexity index is 422. The third kappa shape index (κ3) is 1.20. The summed E-state index contributed by atoms with van der Waals surface area (Å²) in [7, 11) is 0. The van der Waals surface area contributed by atoms with Crippen molar-refractivity contribution < 1.29 is 0 Å². The highest BCUT2D eigenvalue weighted by Gasteiger charge is 1.92. The molecule has 0 aliphatic heterocycles. The van der Waals surface area contributed by atoms with Crippen LogP contribution >= 0.6 is 0 Å². The minimum absolute atomic E-state index is 1.08. The first-order chi connectivity index (χ1) is 5.88. The molecule has 0 fully saturated rings. The van der Waals surface area contributed by atoms with Crippen molar-refractivity contribution in [2.75, 3.05) is 0 Å². The minimum Gasteiger partial charge on any atom is -0.0804 e. The molecule has 1 aromatic carbocycles. The average Bonchev–Trinajstić information content (AvgIpc) is 2.29. The van der Waals surface area contributed by atoms with Gasteiger partial charge in [0, 0.05) is 0 Å². The van der Waals surface area contributed by atoms with E-state index in [1.54, 1.807) is 0 Å². The van der Waals surface area contributed by atoms with Gasteiger partial charge in [0.15, 0.2) is 0 Å². The van der Waals surface area contributed by atoms with Crippen LogP contribution < -0.4 is 10.4 Å². The van der Waals surface area contributed by atoms with Crippen LogP contribution in [0.3, 0.4) is 0 Å². The van der Waals surface area contributed by atoms with Crippen LogP contribution in [-0.4, -0.2) is 0 Å². The molecule has 0 unspecified atom stereocenters. The van der Waals surface area contributed by atoms with E-state index in [0.29, 0.717) is 0 Å². The smallest absolute Gasteiger partial charge is 0.0129 e. The molecule has 0 saturated carbocycles. The first kappa shape index (κ1) is 7.35. The lowest BCUT2D eigenvalue weighted by Gasteiger charge is -1.94. The summed E-state index contributed by atoms with van der Waals surface area (Å²) in [6, 6.07) is 8.53. The third-order valence-corrected chi connectivity index (χ3v) is 2.26. The fourth-order valence-corrected chi connectivity index (χ4v) is 1.56. The lowest BCUT2D eigenvalue weighted by Crippen LogP contribution is -2.24. The Balaban J connectivity index is 2.88. The van der Waals surface area contributed by atoms with Gasteiger partial charge in [-0.1, -0.05) is 48.1 Å². The summed E-state index contributed by atoms with van der Waals surface area (Å²) in [5.41, 5.74) is 1.45. The van der Waals surface area contributed by atoms with E-state index >= 15 is 0 Å². The first-order valence-electron chi connectivity index (χ1n) is 4.29. The quantitative estimate of drug-likeness (QED) is 0.535. The fraction of sp³-hybridized carbons (Fsp3) is 0.167. The maximum atomic E-state index is 2.20. The van der Waals surface area contributed by atoms with Crippen LogP contribution in [0.25, 0.3) is 11.6 Å². The number of rotatable bonds is 0. The summed E-state index contributed by atoms with van der Waals surface area (Å²) < 4.78 is 0. The molecule has 0 spiro atoms. The standard InChI is InChI=1S/C12H12/c1-10-6-2-3-7-11-8-4-5-9-12(10)11/h2-5,7-9H,6H2,1H3. The largest absolute Gasteiger partial charge is 0.0804 e. The van der Waals surface area contributed by atoms with Crippen molar-refractivity contribution in [2.45, 2.75) is 13.3 Å². The summed E-state index contributed by atoms with van der Waals surface area (Å²) in [5.74, 6) is 0. The van der Waals surface area contributed by atoms with E-state index in [1.165, 1.54) is 16.0 Å². The molecule has 0 heterocycles. The summed E-state index contributed by atoms with van der Waals surface area (Å²) in [5, 5.41) is 2.73. The van der Waals surface area contributed by atoms with Crippen LogP contribution in [0.1, 0.15) is 13.3 Å². The summed E-state index contributed by atoms with van der Waals surface area (Å²) in [6.07, 6.45) is 7.59. The summed E-state index contributed by atoms with van der Waals surface area (Å²) in [4.78, 5) is 0. The lowest BCUT2D eigenvalue weighted by atomic mass is 10.1. The van der Waals surface area contributed by atoms with Gasteiger partial charge in [-0.2, -0.15) is 0 Å². The summed E-state index contributed by atoms with van der Waals surface area (Å²) >= 11 is 0. The normalized spacial score (nSPS) is 14.9. The van der Waals surface area contributed by atoms with Crippen LogP contribution in [0.4, 0.5) is 0 Å².